The number of nitrogens with one attached hydrogen (secondary N) is 1. The van der Waals surface area contributed by atoms with Gasteiger partial charge in [0.2, 0.25) is 5.91 Å². The number of hydrogen-bond acceptors (Lipinski definition) is 3. The summed E-state index contributed by atoms with van der Waals surface area (Å²) in [6.07, 6.45) is 5.54. The Bertz CT molecular complexity index is 1230. The van der Waals surface area contributed by atoms with Crippen LogP contribution in [-0.4, -0.2) is 35.4 Å². The molecule has 38 heavy (non-hydrogen) atoms. The molecular formula is C31H34Br2N2O3. The fraction of sp³-hybridized carbons (Fsp3) is 0.355. The summed E-state index contributed by atoms with van der Waals surface area (Å²) in [4.78, 5) is 29.2. The van der Waals surface area contributed by atoms with E-state index in [0.717, 1.165) is 52.2 Å². The number of benzene rings is 3. The van der Waals surface area contributed by atoms with Gasteiger partial charge in [0.25, 0.3) is 5.91 Å². The van der Waals surface area contributed by atoms with E-state index in [-0.39, 0.29) is 24.5 Å². The van der Waals surface area contributed by atoms with Crippen LogP contribution < -0.4 is 10.1 Å². The lowest BCUT2D eigenvalue weighted by Crippen LogP contribution is -2.53. The Balaban J connectivity index is 1.61. The minimum absolute atomic E-state index is 0.113. The van der Waals surface area contributed by atoms with Crippen molar-refractivity contribution >= 4 is 43.7 Å². The van der Waals surface area contributed by atoms with Crippen molar-refractivity contribution in [2.45, 2.75) is 64.1 Å². The van der Waals surface area contributed by atoms with Crippen LogP contribution in [0.25, 0.3) is 0 Å². The average molecular weight is 642 g/mol. The van der Waals surface area contributed by atoms with E-state index >= 15 is 0 Å². The second kappa shape index (κ2) is 13.9. The molecule has 5 nitrogen and oxygen atoms in total. The lowest BCUT2D eigenvalue weighted by molar-refractivity contribution is -0.143. The molecule has 1 N–H and O–H groups in total. The van der Waals surface area contributed by atoms with E-state index in [9.17, 15) is 9.59 Å². The Morgan fingerprint density at radius 2 is 1.68 bits per heavy atom. The predicted octanol–water partition coefficient (Wildman–Crippen LogP) is 6.85. The topological polar surface area (TPSA) is 58.6 Å². The minimum Gasteiger partial charge on any atom is -0.483 e. The summed E-state index contributed by atoms with van der Waals surface area (Å²) < 4.78 is 7.71. The van der Waals surface area contributed by atoms with Crippen LogP contribution >= 0.6 is 31.9 Å². The SMILES string of the molecule is CCc1ccc(OCC(=O)N(Cc2cccc(Br)c2)[C@@H](Cc2ccccc2)C(=O)NC2CCCC2)c(Br)c1. The molecule has 2 amide bonds. The van der Waals surface area contributed by atoms with Gasteiger partial charge in [0.15, 0.2) is 6.61 Å². The summed E-state index contributed by atoms with van der Waals surface area (Å²) >= 11 is 7.10. The zero-order valence-electron chi connectivity index (χ0n) is 21.7. The summed E-state index contributed by atoms with van der Waals surface area (Å²) in [6.45, 7) is 2.22. The Kier molecular flexibility index (Phi) is 10.4. The van der Waals surface area contributed by atoms with E-state index in [4.69, 9.17) is 4.74 Å². The molecule has 1 aliphatic rings. The van der Waals surface area contributed by atoms with Crippen LogP contribution in [0.4, 0.5) is 0 Å². The number of ether oxygens (including phenoxy) is 1. The maximum absolute atomic E-state index is 13.8. The number of carbonyl (C=O) groups excluding carboxylic acids is 2. The van der Waals surface area contributed by atoms with Crippen LogP contribution in [0.1, 0.15) is 49.3 Å². The molecule has 0 spiro atoms. The summed E-state index contributed by atoms with van der Waals surface area (Å²) in [7, 11) is 0. The van der Waals surface area contributed by atoms with Crippen LogP contribution in [0.15, 0.2) is 81.7 Å². The molecule has 1 aliphatic carbocycles. The van der Waals surface area contributed by atoms with Crippen molar-refractivity contribution in [3.8, 4) is 5.75 Å². The molecule has 3 aromatic carbocycles. The van der Waals surface area contributed by atoms with Gasteiger partial charge in [-0.1, -0.05) is 84.2 Å². The zero-order chi connectivity index (χ0) is 26.9. The van der Waals surface area contributed by atoms with Gasteiger partial charge in [-0.05, 0) is 76.1 Å². The van der Waals surface area contributed by atoms with Crippen LogP contribution in [0.2, 0.25) is 0 Å². The zero-order valence-corrected chi connectivity index (χ0v) is 24.8. The molecule has 200 valence electrons. The number of amides is 2. The van der Waals surface area contributed by atoms with Gasteiger partial charge in [-0.25, -0.2) is 0 Å². The molecule has 0 saturated heterocycles. The first kappa shape index (κ1) is 28.4. The van der Waals surface area contributed by atoms with Gasteiger partial charge in [0.1, 0.15) is 11.8 Å². The van der Waals surface area contributed by atoms with Crippen LogP contribution in [0.5, 0.6) is 5.75 Å². The van der Waals surface area contributed by atoms with E-state index < -0.39 is 6.04 Å². The molecule has 0 heterocycles. The van der Waals surface area contributed by atoms with Gasteiger partial charge in [-0.2, -0.15) is 0 Å². The molecule has 0 radical (unpaired) electrons. The molecule has 3 aromatic rings. The fourth-order valence-corrected chi connectivity index (χ4v) is 5.84. The molecule has 4 rings (SSSR count). The van der Waals surface area contributed by atoms with Crippen molar-refractivity contribution in [3.05, 3.63) is 98.4 Å². The number of carbonyl (C=O) groups is 2. The number of hydrogen-bond donors (Lipinski definition) is 1. The normalized spacial score (nSPS) is 14.2. The van der Waals surface area contributed by atoms with Crippen molar-refractivity contribution in [2.24, 2.45) is 0 Å². The smallest absolute Gasteiger partial charge is 0.261 e. The number of aryl methyl sites for hydroxylation is 1. The van der Waals surface area contributed by atoms with Gasteiger partial charge in [0.05, 0.1) is 4.47 Å². The molecule has 1 atom stereocenters. The quantitative estimate of drug-likeness (QED) is 0.249. The molecule has 0 bridgehead atoms. The van der Waals surface area contributed by atoms with Crippen molar-refractivity contribution < 1.29 is 14.3 Å². The molecule has 0 unspecified atom stereocenters. The van der Waals surface area contributed by atoms with Gasteiger partial charge >= 0.3 is 0 Å². The van der Waals surface area contributed by atoms with E-state index in [0.29, 0.717) is 18.7 Å². The highest BCUT2D eigenvalue weighted by Crippen LogP contribution is 2.27. The van der Waals surface area contributed by atoms with Gasteiger partial charge in [-0.15, -0.1) is 0 Å². The summed E-state index contributed by atoms with van der Waals surface area (Å²) in [6, 6.07) is 23.1. The molecule has 7 heteroatoms. The average Bonchev–Trinajstić information content (AvgIpc) is 3.43. The molecule has 0 aromatic heterocycles. The third-order valence-electron chi connectivity index (χ3n) is 6.97. The summed E-state index contributed by atoms with van der Waals surface area (Å²) in [5.74, 6) is 0.254. The number of rotatable bonds is 11. The Hall–Kier alpha value is -2.64. The fourth-order valence-electron chi connectivity index (χ4n) is 4.86. The number of halogens is 2. The van der Waals surface area contributed by atoms with Crippen LogP contribution in [-0.2, 0) is 29.0 Å². The Morgan fingerprint density at radius 1 is 0.947 bits per heavy atom. The van der Waals surface area contributed by atoms with E-state index in [1.807, 2.05) is 72.8 Å². The highest BCUT2D eigenvalue weighted by molar-refractivity contribution is 9.10. The molecule has 0 aliphatic heterocycles. The first-order chi connectivity index (χ1) is 18.4. The van der Waals surface area contributed by atoms with E-state index in [2.05, 4.69) is 44.1 Å². The second-order valence-corrected chi connectivity index (χ2v) is 11.5. The first-order valence-electron chi connectivity index (χ1n) is 13.2. The predicted molar refractivity (Wildman–Crippen MR) is 158 cm³/mol. The maximum atomic E-state index is 13.8. The second-order valence-electron chi connectivity index (χ2n) is 9.75. The molecular weight excluding hydrogens is 608 g/mol. The Morgan fingerprint density at radius 3 is 2.37 bits per heavy atom. The van der Waals surface area contributed by atoms with Crippen molar-refractivity contribution in [2.75, 3.05) is 6.61 Å². The minimum atomic E-state index is -0.668. The van der Waals surface area contributed by atoms with Gasteiger partial charge in [-0.3, -0.25) is 9.59 Å². The first-order valence-corrected chi connectivity index (χ1v) is 14.8. The van der Waals surface area contributed by atoms with E-state index in [1.165, 1.54) is 5.56 Å². The van der Waals surface area contributed by atoms with Crippen LogP contribution in [0.3, 0.4) is 0 Å². The third-order valence-corrected chi connectivity index (χ3v) is 8.08. The molecule has 1 saturated carbocycles. The van der Waals surface area contributed by atoms with Crippen LogP contribution in [0, 0.1) is 0 Å². The summed E-state index contributed by atoms with van der Waals surface area (Å²) in [5.41, 5.74) is 3.12. The number of nitrogens with zero attached hydrogens (tertiary/aromatic N) is 1. The Labute approximate surface area is 242 Å². The highest BCUT2D eigenvalue weighted by atomic mass is 79.9. The monoisotopic (exact) mass is 640 g/mol. The largest absolute Gasteiger partial charge is 0.483 e. The van der Waals surface area contributed by atoms with Gasteiger partial charge < -0.3 is 15.0 Å². The van der Waals surface area contributed by atoms with Crippen molar-refractivity contribution in [3.63, 3.8) is 0 Å². The van der Waals surface area contributed by atoms with Crippen molar-refractivity contribution in [1.29, 1.82) is 0 Å². The standard InChI is InChI=1S/C31H34Br2N2O3/c1-2-22-15-16-29(27(33)18-22)38-21-30(36)35(20-24-11-8-12-25(32)17-24)28(19-23-9-4-3-5-10-23)31(37)34-26-13-6-7-14-26/h3-5,8-12,15-18,26,28H,2,6-7,13-14,19-21H2,1H3,(H,34,37)/t28-/m0/s1. The third kappa shape index (κ3) is 7.93. The highest BCUT2D eigenvalue weighted by Gasteiger charge is 2.32. The molecule has 1 fully saturated rings. The van der Waals surface area contributed by atoms with E-state index in [1.54, 1.807) is 4.90 Å². The maximum Gasteiger partial charge on any atom is 0.261 e. The van der Waals surface area contributed by atoms with Crippen molar-refractivity contribution in [1.82, 2.24) is 10.2 Å². The lowest BCUT2D eigenvalue weighted by Gasteiger charge is -2.32. The summed E-state index contributed by atoms with van der Waals surface area (Å²) in [5, 5.41) is 3.24. The lowest BCUT2D eigenvalue weighted by atomic mass is 10.0. The van der Waals surface area contributed by atoms with Gasteiger partial charge in [0, 0.05) is 23.5 Å².